The van der Waals surface area contributed by atoms with Gasteiger partial charge in [-0.1, -0.05) is 6.07 Å². The molecule has 2 heterocycles. The highest BCUT2D eigenvalue weighted by molar-refractivity contribution is 5.93. The van der Waals surface area contributed by atoms with E-state index in [4.69, 9.17) is 5.11 Å². The molecule has 0 radical (unpaired) electrons. The third-order valence-electron chi connectivity index (χ3n) is 3.79. The molecule has 1 saturated heterocycles. The third-order valence-corrected chi connectivity index (χ3v) is 3.79. The molecule has 0 bridgehead atoms. The molecule has 2 aromatic rings. The topological polar surface area (TPSA) is 56.7 Å². The first-order chi connectivity index (χ1) is 9.63. The smallest absolute Gasteiger partial charge is 0.354 e. The Morgan fingerprint density at radius 3 is 2.60 bits per heavy atom. The summed E-state index contributed by atoms with van der Waals surface area (Å²) in [6.45, 7) is 4.16. The molecular formula is C15H17N3O2. The van der Waals surface area contributed by atoms with Gasteiger partial charge in [0.05, 0.1) is 0 Å². The van der Waals surface area contributed by atoms with Gasteiger partial charge in [0.25, 0.3) is 0 Å². The summed E-state index contributed by atoms with van der Waals surface area (Å²) in [6, 6.07) is 7.72. The van der Waals surface area contributed by atoms with Crippen LogP contribution in [-0.4, -0.2) is 54.2 Å². The Kier molecular flexibility index (Phi) is 3.28. The number of nitrogens with zero attached hydrogens (tertiary/aromatic N) is 3. The van der Waals surface area contributed by atoms with E-state index in [1.807, 2.05) is 6.07 Å². The predicted octanol–water partition coefficient (Wildman–Crippen LogP) is 1.68. The van der Waals surface area contributed by atoms with Crippen molar-refractivity contribution in [2.24, 2.45) is 0 Å². The van der Waals surface area contributed by atoms with Crippen LogP contribution in [0.5, 0.6) is 0 Å². The third kappa shape index (κ3) is 2.44. The quantitative estimate of drug-likeness (QED) is 0.900. The molecule has 0 saturated carbocycles. The molecule has 5 heteroatoms. The van der Waals surface area contributed by atoms with Gasteiger partial charge in [-0.05, 0) is 30.6 Å². The Hall–Kier alpha value is -2.14. The monoisotopic (exact) mass is 271 g/mol. The average Bonchev–Trinajstić information content (AvgIpc) is 2.47. The zero-order chi connectivity index (χ0) is 14.1. The number of hydrogen-bond donors (Lipinski definition) is 1. The van der Waals surface area contributed by atoms with Crippen molar-refractivity contribution in [3.05, 3.63) is 36.2 Å². The Balaban J connectivity index is 1.91. The molecule has 5 nitrogen and oxygen atoms in total. The van der Waals surface area contributed by atoms with E-state index >= 15 is 0 Å². The average molecular weight is 271 g/mol. The molecule has 0 unspecified atom stereocenters. The van der Waals surface area contributed by atoms with Crippen molar-refractivity contribution in [2.45, 2.75) is 0 Å². The summed E-state index contributed by atoms with van der Waals surface area (Å²) in [5.74, 6) is -0.991. The van der Waals surface area contributed by atoms with Gasteiger partial charge in [-0.25, -0.2) is 9.78 Å². The first kappa shape index (κ1) is 12.9. The summed E-state index contributed by atoms with van der Waals surface area (Å²) >= 11 is 0. The number of aromatic carboxylic acids is 1. The second-order valence-electron chi connectivity index (χ2n) is 5.20. The molecule has 0 amide bonds. The highest BCUT2D eigenvalue weighted by atomic mass is 16.4. The predicted molar refractivity (Wildman–Crippen MR) is 78.4 cm³/mol. The lowest BCUT2D eigenvalue weighted by Gasteiger charge is -2.34. The highest BCUT2D eigenvalue weighted by Crippen LogP contribution is 2.23. The molecule has 1 aromatic carbocycles. The van der Waals surface area contributed by atoms with Crippen LogP contribution < -0.4 is 4.90 Å². The number of hydrogen-bond acceptors (Lipinski definition) is 4. The van der Waals surface area contributed by atoms with Crippen LogP contribution in [0, 0.1) is 0 Å². The minimum atomic E-state index is -0.991. The second-order valence-corrected chi connectivity index (χ2v) is 5.20. The number of aromatic nitrogens is 1. The summed E-state index contributed by atoms with van der Waals surface area (Å²) in [6.07, 6.45) is 1.64. The summed E-state index contributed by atoms with van der Waals surface area (Å²) in [4.78, 5) is 19.6. The fourth-order valence-electron chi connectivity index (χ4n) is 2.51. The summed E-state index contributed by atoms with van der Waals surface area (Å²) < 4.78 is 0. The lowest BCUT2D eigenvalue weighted by atomic mass is 10.1. The number of likely N-dealkylation sites (N-methyl/N-ethyl adjacent to an activating group) is 1. The van der Waals surface area contributed by atoms with E-state index in [0.717, 1.165) is 37.0 Å². The lowest BCUT2D eigenvalue weighted by molar-refractivity contribution is 0.0690. The van der Waals surface area contributed by atoms with Crippen molar-refractivity contribution >= 4 is 22.4 Å². The van der Waals surface area contributed by atoms with Crippen molar-refractivity contribution < 1.29 is 9.90 Å². The molecule has 0 aliphatic carbocycles. The van der Waals surface area contributed by atoms with Crippen molar-refractivity contribution in [2.75, 3.05) is 38.1 Å². The van der Waals surface area contributed by atoms with Gasteiger partial charge in [0.1, 0.15) is 5.69 Å². The van der Waals surface area contributed by atoms with Crippen LogP contribution in [0.15, 0.2) is 30.5 Å². The van der Waals surface area contributed by atoms with E-state index in [9.17, 15) is 4.79 Å². The maximum absolute atomic E-state index is 10.9. The fraction of sp³-hybridized carbons (Fsp3) is 0.333. The molecule has 0 atom stereocenters. The summed E-state index contributed by atoms with van der Waals surface area (Å²) in [5, 5.41) is 10.8. The number of rotatable bonds is 2. The van der Waals surface area contributed by atoms with Crippen LogP contribution in [0.25, 0.3) is 10.8 Å². The molecule has 20 heavy (non-hydrogen) atoms. The molecule has 1 aliphatic rings. The van der Waals surface area contributed by atoms with Crippen molar-refractivity contribution in [1.82, 2.24) is 9.88 Å². The number of pyridine rings is 1. The number of benzene rings is 1. The Bertz CT molecular complexity index is 649. The van der Waals surface area contributed by atoms with E-state index in [1.165, 1.54) is 5.69 Å². The van der Waals surface area contributed by atoms with E-state index in [2.05, 4.69) is 34.0 Å². The number of carboxylic acid groups (broad SMARTS) is 1. The molecular weight excluding hydrogens is 254 g/mol. The number of fused-ring (bicyclic) bond motifs is 1. The number of piperazine rings is 1. The summed E-state index contributed by atoms with van der Waals surface area (Å²) in [5.41, 5.74) is 1.26. The van der Waals surface area contributed by atoms with E-state index < -0.39 is 5.97 Å². The van der Waals surface area contributed by atoms with Gasteiger partial charge in [-0.15, -0.1) is 0 Å². The zero-order valence-corrected chi connectivity index (χ0v) is 11.4. The molecule has 1 aromatic heterocycles. The van der Waals surface area contributed by atoms with E-state index in [1.54, 1.807) is 12.3 Å². The minimum Gasteiger partial charge on any atom is -0.477 e. The van der Waals surface area contributed by atoms with Crippen LogP contribution in [-0.2, 0) is 0 Å². The lowest BCUT2D eigenvalue weighted by Crippen LogP contribution is -2.44. The van der Waals surface area contributed by atoms with Gasteiger partial charge >= 0.3 is 5.97 Å². The molecule has 1 aliphatic heterocycles. The number of carbonyl (C=O) groups is 1. The maximum Gasteiger partial charge on any atom is 0.354 e. The Labute approximate surface area is 117 Å². The van der Waals surface area contributed by atoms with Gasteiger partial charge in [-0.3, -0.25) is 0 Å². The molecule has 3 rings (SSSR count). The Morgan fingerprint density at radius 2 is 1.90 bits per heavy atom. The zero-order valence-electron chi connectivity index (χ0n) is 11.4. The van der Waals surface area contributed by atoms with Gasteiger partial charge in [0.2, 0.25) is 0 Å². The van der Waals surface area contributed by atoms with Gasteiger partial charge in [0, 0.05) is 43.4 Å². The van der Waals surface area contributed by atoms with Crippen molar-refractivity contribution in [1.29, 1.82) is 0 Å². The van der Waals surface area contributed by atoms with Gasteiger partial charge < -0.3 is 14.9 Å². The van der Waals surface area contributed by atoms with Crippen LogP contribution in [0.3, 0.4) is 0 Å². The van der Waals surface area contributed by atoms with Crippen molar-refractivity contribution in [3.8, 4) is 0 Å². The van der Waals surface area contributed by atoms with Gasteiger partial charge in [0.15, 0.2) is 0 Å². The van der Waals surface area contributed by atoms with Crippen LogP contribution >= 0.6 is 0 Å². The minimum absolute atomic E-state index is 0.0878. The standard InChI is InChI=1S/C15H17N3O2/c1-17-4-6-18(7-5-17)13-3-2-11-9-14(15(19)20)16-10-12(11)8-13/h2-3,8-10H,4-7H2,1H3,(H,19,20). The van der Waals surface area contributed by atoms with E-state index in [0.29, 0.717) is 0 Å². The number of carboxylic acids is 1. The Morgan fingerprint density at radius 1 is 1.15 bits per heavy atom. The first-order valence-electron chi connectivity index (χ1n) is 6.70. The normalized spacial score (nSPS) is 16.6. The number of anilines is 1. The van der Waals surface area contributed by atoms with E-state index in [-0.39, 0.29) is 5.69 Å². The second kappa shape index (κ2) is 5.09. The molecule has 104 valence electrons. The molecule has 0 spiro atoms. The molecule has 1 fully saturated rings. The van der Waals surface area contributed by atoms with Crippen LogP contribution in [0.4, 0.5) is 5.69 Å². The summed E-state index contributed by atoms with van der Waals surface area (Å²) in [7, 11) is 2.13. The maximum atomic E-state index is 10.9. The SMILES string of the molecule is CN1CCN(c2ccc3cc(C(=O)O)ncc3c2)CC1. The largest absolute Gasteiger partial charge is 0.477 e. The van der Waals surface area contributed by atoms with Crippen molar-refractivity contribution in [3.63, 3.8) is 0 Å². The highest BCUT2D eigenvalue weighted by Gasteiger charge is 2.14. The van der Waals surface area contributed by atoms with Gasteiger partial charge in [-0.2, -0.15) is 0 Å². The fourth-order valence-corrected chi connectivity index (χ4v) is 2.51. The van der Waals surface area contributed by atoms with Crippen LogP contribution in [0.1, 0.15) is 10.5 Å². The molecule has 1 N–H and O–H groups in total. The first-order valence-corrected chi connectivity index (χ1v) is 6.70. The van der Waals surface area contributed by atoms with Crippen LogP contribution in [0.2, 0.25) is 0 Å².